The number of aromatic nitrogens is 1. The predicted octanol–water partition coefficient (Wildman–Crippen LogP) is 2.53. The summed E-state index contributed by atoms with van der Waals surface area (Å²) in [7, 11) is 3.01. The highest BCUT2D eigenvalue weighted by Gasteiger charge is 2.22. The number of nitrogens with zero attached hydrogens (tertiary/aromatic N) is 2. The van der Waals surface area contributed by atoms with Gasteiger partial charge < -0.3 is 14.1 Å². The van der Waals surface area contributed by atoms with Crippen LogP contribution in [0.1, 0.15) is 40.4 Å². The molecule has 0 radical (unpaired) electrons. The number of likely N-dealkylation sites (N-methyl/N-ethyl adjacent to an activating group) is 1. The molecule has 0 aromatic carbocycles. The van der Waals surface area contributed by atoms with Crippen molar-refractivity contribution in [2.75, 3.05) is 14.2 Å². The van der Waals surface area contributed by atoms with E-state index >= 15 is 0 Å². The lowest BCUT2D eigenvalue weighted by Crippen LogP contribution is -2.30. The molecule has 2 aromatic heterocycles. The average Bonchev–Trinajstić information content (AvgIpc) is 2.93. The molecule has 1 atom stereocenters. The summed E-state index contributed by atoms with van der Waals surface area (Å²) in [6, 6.07) is 7.09. The number of rotatable bonds is 5. The molecule has 6 nitrogen and oxygen atoms in total. The monoisotopic (exact) mass is 316 g/mol. The molecule has 0 spiro atoms. The van der Waals surface area contributed by atoms with Crippen LogP contribution in [0.25, 0.3) is 0 Å². The molecule has 2 aromatic rings. The van der Waals surface area contributed by atoms with Crippen LogP contribution in [-0.4, -0.2) is 35.9 Å². The molecule has 0 aliphatic carbocycles. The van der Waals surface area contributed by atoms with Crippen molar-refractivity contribution in [2.45, 2.75) is 26.3 Å². The van der Waals surface area contributed by atoms with Crippen LogP contribution in [0.4, 0.5) is 0 Å². The summed E-state index contributed by atoms with van der Waals surface area (Å²) in [5.41, 5.74) is 1.09. The van der Waals surface area contributed by atoms with Gasteiger partial charge in [0.05, 0.1) is 25.3 Å². The van der Waals surface area contributed by atoms with Gasteiger partial charge in [-0.25, -0.2) is 4.79 Å². The van der Waals surface area contributed by atoms with E-state index in [0.29, 0.717) is 17.1 Å². The highest BCUT2D eigenvalue weighted by atomic mass is 16.5. The summed E-state index contributed by atoms with van der Waals surface area (Å²) >= 11 is 0. The Bertz CT molecular complexity index is 694. The molecule has 2 rings (SSSR count). The van der Waals surface area contributed by atoms with Crippen molar-refractivity contribution >= 4 is 11.9 Å². The van der Waals surface area contributed by atoms with Gasteiger partial charge in [-0.3, -0.25) is 9.78 Å². The minimum absolute atomic E-state index is 0.0719. The number of hydrogen-bond donors (Lipinski definition) is 0. The average molecular weight is 316 g/mol. The van der Waals surface area contributed by atoms with E-state index in [4.69, 9.17) is 9.15 Å². The smallest absolute Gasteiger partial charge is 0.341 e. The van der Waals surface area contributed by atoms with E-state index in [-0.39, 0.29) is 18.4 Å². The maximum absolute atomic E-state index is 12.5. The third kappa shape index (κ3) is 3.77. The van der Waals surface area contributed by atoms with Crippen LogP contribution < -0.4 is 0 Å². The van der Waals surface area contributed by atoms with Gasteiger partial charge in [0, 0.05) is 13.2 Å². The van der Waals surface area contributed by atoms with Gasteiger partial charge >= 0.3 is 5.97 Å². The standard InChI is InChI=1S/C17H20N2O4/c1-11(15-7-5-6-8-18-15)16(20)19(3)10-13-9-14(12(2)23-13)17(21)22-4/h5-9,11H,10H2,1-4H3/t11-/m1/s1. The normalized spacial score (nSPS) is 11.8. The predicted molar refractivity (Wildman–Crippen MR) is 83.9 cm³/mol. The fourth-order valence-electron chi connectivity index (χ4n) is 2.34. The highest BCUT2D eigenvalue weighted by molar-refractivity contribution is 5.90. The van der Waals surface area contributed by atoms with Crippen LogP contribution in [-0.2, 0) is 16.1 Å². The zero-order chi connectivity index (χ0) is 17.0. The van der Waals surface area contributed by atoms with E-state index in [1.54, 1.807) is 31.1 Å². The topological polar surface area (TPSA) is 72.6 Å². The van der Waals surface area contributed by atoms with Crippen molar-refractivity contribution in [1.82, 2.24) is 9.88 Å². The lowest BCUT2D eigenvalue weighted by Gasteiger charge is -2.20. The van der Waals surface area contributed by atoms with E-state index in [2.05, 4.69) is 4.98 Å². The van der Waals surface area contributed by atoms with Gasteiger partial charge in [-0.05, 0) is 32.0 Å². The first-order valence-corrected chi connectivity index (χ1v) is 7.27. The second kappa shape index (κ2) is 7.09. The van der Waals surface area contributed by atoms with Crippen LogP contribution in [0.5, 0.6) is 0 Å². The molecule has 0 bridgehead atoms. The molecule has 23 heavy (non-hydrogen) atoms. The first kappa shape index (κ1) is 16.7. The van der Waals surface area contributed by atoms with Crippen LogP contribution in [0, 0.1) is 6.92 Å². The Morgan fingerprint density at radius 2 is 2.13 bits per heavy atom. The first-order valence-electron chi connectivity index (χ1n) is 7.27. The molecule has 0 aliphatic heterocycles. The highest BCUT2D eigenvalue weighted by Crippen LogP contribution is 2.19. The van der Waals surface area contributed by atoms with Crippen LogP contribution in [0.15, 0.2) is 34.9 Å². The summed E-state index contributed by atoms with van der Waals surface area (Å²) in [6.07, 6.45) is 1.66. The molecular weight excluding hydrogens is 296 g/mol. The molecule has 0 unspecified atom stereocenters. The molecule has 0 saturated heterocycles. The number of carbonyl (C=O) groups excluding carboxylic acids is 2. The van der Waals surface area contributed by atoms with E-state index < -0.39 is 5.97 Å². The van der Waals surface area contributed by atoms with Gasteiger partial charge in [-0.15, -0.1) is 0 Å². The Labute approximate surface area is 135 Å². The molecule has 0 N–H and O–H groups in total. The number of furan rings is 1. The molecular formula is C17H20N2O4. The quantitative estimate of drug-likeness (QED) is 0.793. The molecule has 2 heterocycles. The third-order valence-corrected chi connectivity index (χ3v) is 3.65. The van der Waals surface area contributed by atoms with Gasteiger partial charge in [0.2, 0.25) is 5.91 Å². The maximum Gasteiger partial charge on any atom is 0.341 e. The number of pyridine rings is 1. The molecule has 0 saturated carbocycles. The van der Waals surface area contributed by atoms with Crippen molar-refractivity contribution < 1.29 is 18.7 Å². The van der Waals surface area contributed by atoms with Crippen molar-refractivity contribution in [3.8, 4) is 0 Å². The molecule has 1 amide bonds. The van der Waals surface area contributed by atoms with E-state index in [9.17, 15) is 9.59 Å². The number of aryl methyl sites for hydroxylation is 1. The van der Waals surface area contributed by atoms with Crippen LogP contribution in [0.3, 0.4) is 0 Å². The minimum Gasteiger partial charge on any atom is -0.465 e. The van der Waals surface area contributed by atoms with E-state index in [1.165, 1.54) is 7.11 Å². The van der Waals surface area contributed by atoms with Crippen molar-refractivity contribution in [2.24, 2.45) is 0 Å². The summed E-state index contributed by atoms with van der Waals surface area (Å²) in [5.74, 6) is 0.139. The van der Waals surface area contributed by atoms with Crippen LogP contribution in [0.2, 0.25) is 0 Å². The number of ether oxygens (including phenoxy) is 1. The van der Waals surface area contributed by atoms with Gasteiger partial charge in [-0.1, -0.05) is 6.07 Å². The zero-order valence-corrected chi connectivity index (χ0v) is 13.7. The Balaban J connectivity index is 2.08. The summed E-state index contributed by atoms with van der Waals surface area (Å²) in [4.78, 5) is 29.8. The Hall–Kier alpha value is -2.63. The number of amides is 1. The minimum atomic E-state index is -0.451. The fraction of sp³-hybridized carbons (Fsp3) is 0.353. The lowest BCUT2D eigenvalue weighted by molar-refractivity contribution is -0.132. The fourth-order valence-corrected chi connectivity index (χ4v) is 2.34. The first-order chi connectivity index (χ1) is 10.9. The Kier molecular flexibility index (Phi) is 5.16. The van der Waals surface area contributed by atoms with E-state index in [1.807, 2.05) is 25.1 Å². The lowest BCUT2D eigenvalue weighted by atomic mass is 10.1. The summed E-state index contributed by atoms with van der Waals surface area (Å²) in [5, 5.41) is 0. The number of methoxy groups -OCH3 is 1. The Morgan fingerprint density at radius 3 is 2.74 bits per heavy atom. The zero-order valence-electron chi connectivity index (χ0n) is 13.7. The van der Waals surface area contributed by atoms with Gasteiger partial charge in [-0.2, -0.15) is 0 Å². The second-order valence-electron chi connectivity index (χ2n) is 5.34. The Morgan fingerprint density at radius 1 is 1.39 bits per heavy atom. The van der Waals surface area contributed by atoms with Gasteiger partial charge in [0.15, 0.2) is 0 Å². The van der Waals surface area contributed by atoms with Gasteiger partial charge in [0.1, 0.15) is 17.1 Å². The molecule has 0 fully saturated rings. The van der Waals surface area contributed by atoms with Crippen molar-refractivity contribution in [3.63, 3.8) is 0 Å². The summed E-state index contributed by atoms with van der Waals surface area (Å²) < 4.78 is 10.2. The van der Waals surface area contributed by atoms with E-state index in [0.717, 1.165) is 5.69 Å². The number of hydrogen-bond acceptors (Lipinski definition) is 5. The third-order valence-electron chi connectivity index (χ3n) is 3.65. The largest absolute Gasteiger partial charge is 0.465 e. The van der Waals surface area contributed by atoms with Crippen molar-refractivity contribution in [3.05, 3.63) is 53.2 Å². The van der Waals surface area contributed by atoms with Crippen molar-refractivity contribution in [1.29, 1.82) is 0 Å². The summed E-state index contributed by atoms with van der Waals surface area (Å²) in [6.45, 7) is 3.77. The maximum atomic E-state index is 12.5. The van der Waals surface area contributed by atoms with Crippen LogP contribution >= 0.6 is 0 Å². The second-order valence-corrected chi connectivity index (χ2v) is 5.34. The van der Waals surface area contributed by atoms with Gasteiger partial charge in [0.25, 0.3) is 0 Å². The SMILES string of the molecule is COC(=O)c1cc(CN(C)C(=O)[C@H](C)c2ccccn2)oc1C. The molecule has 122 valence electrons. The molecule has 6 heteroatoms. The number of carbonyl (C=O) groups is 2. The number of esters is 1. The molecule has 0 aliphatic rings.